The van der Waals surface area contributed by atoms with Gasteiger partial charge in [-0.3, -0.25) is 4.79 Å². The molecule has 2 aromatic carbocycles. The van der Waals surface area contributed by atoms with E-state index >= 15 is 0 Å². The molecule has 0 spiro atoms. The zero-order chi connectivity index (χ0) is 17.7. The zero-order valence-corrected chi connectivity index (χ0v) is 15.5. The first-order valence-electron chi connectivity index (χ1n) is 7.82. The van der Waals surface area contributed by atoms with Crippen LogP contribution in [0.5, 0.6) is 0 Å². The molecule has 2 aromatic rings. The fourth-order valence-corrected chi connectivity index (χ4v) is 3.16. The van der Waals surface area contributed by atoms with Crippen molar-refractivity contribution in [3.8, 4) is 0 Å². The molecule has 4 nitrogen and oxygen atoms in total. The maximum atomic E-state index is 12.5. The highest BCUT2D eigenvalue weighted by Crippen LogP contribution is 2.21. The molecule has 0 aromatic heterocycles. The summed E-state index contributed by atoms with van der Waals surface area (Å²) in [5.41, 5.74) is 6.71. The number of likely N-dealkylation sites (N-methyl/N-ethyl adjacent to an activating group) is 1. The first-order chi connectivity index (χ1) is 11.3. The van der Waals surface area contributed by atoms with E-state index in [-0.39, 0.29) is 12.5 Å². The van der Waals surface area contributed by atoms with Gasteiger partial charge in [-0.2, -0.15) is 0 Å². The van der Waals surface area contributed by atoms with Gasteiger partial charge in [0, 0.05) is 11.5 Å². The number of aliphatic hydroxyl groups is 1. The molecule has 24 heavy (non-hydrogen) atoms. The lowest BCUT2D eigenvalue weighted by atomic mass is 9.95. The molecule has 3 N–H and O–H groups in total. The summed E-state index contributed by atoms with van der Waals surface area (Å²) in [6, 6.07) is 16.4. The number of rotatable bonds is 6. The molecule has 0 heterocycles. The van der Waals surface area contributed by atoms with Gasteiger partial charge in [-0.05, 0) is 36.6 Å². The molecule has 0 radical (unpaired) electrons. The molecule has 0 bridgehead atoms. The molecule has 0 saturated carbocycles. The Hall–Kier alpha value is -1.69. The lowest BCUT2D eigenvalue weighted by Crippen LogP contribution is -2.47. The number of carbonyl (C=O) groups excluding carboxylic acids is 1. The normalized spacial score (nSPS) is 14.7. The van der Waals surface area contributed by atoms with E-state index in [0.717, 1.165) is 15.6 Å². The second-order valence-corrected chi connectivity index (χ2v) is 7.19. The highest BCUT2D eigenvalue weighted by atomic mass is 79.9. The van der Waals surface area contributed by atoms with Gasteiger partial charge in [-0.1, -0.05) is 58.4 Å². The van der Waals surface area contributed by atoms with Crippen LogP contribution in [-0.2, 0) is 16.8 Å². The molecule has 0 aliphatic heterocycles. The van der Waals surface area contributed by atoms with Gasteiger partial charge in [-0.25, -0.2) is 0 Å². The summed E-state index contributed by atoms with van der Waals surface area (Å²) in [6.45, 7) is 1.88. The molecular formula is C19H23BrN2O2. The molecule has 1 amide bonds. The van der Waals surface area contributed by atoms with Crippen LogP contribution in [0.2, 0.25) is 0 Å². The van der Waals surface area contributed by atoms with Gasteiger partial charge in [0.2, 0.25) is 5.91 Å². The maximum absolute atomic E-state index is 12.5. The summed E-state index contributed by atoms with van der Waals surface area (Å²) in [4.78, 5) is 14.0. The minimum atomic E-state index is -1.12. The summed E-state index contributed by atoms with van der Waals surface area (Å²) in [7, 11) is 1.67. The highest BCUT2D eigenvalue weighted by molar-refractivity contribution is 9.10. The average molecular weight is 391 g/mol. The van der Waals surface area contributed by atoms with E-state index in [1.807, 2.05) is 54.6 Å². The first-order valence-corrected chi connectivity index (χ1v) is 8.62. The number of amides is 1. The van der Waals surface area contributed by atoms with Crippen molar-refractivity contribution in [3.63, 3.8) is 0 Å². The van der Waals surface area contributed by atoms with Gasteiger partial charge in [0.05, 0.1) is 12.6 Å². The summed E-state index contributed by atoms with van der Waals surface area (Å²) in [5, 5.41) is 10.7. The van der Waals surface area contributed by atoms with Gasteiger partial charge in [-0.15, -0.1) is 0 Å². The number of hydrogen-bond donors (Lipinski definition) is 2. The molecule has 2 rings (SSSR count). The Morgan fingerprint density at radius 1 is 1.25 bits per heavy atom. The quantitative estimate of drug-likeness (QED) is 0.796. The van der Waals surface area contributed by atoms with Crippen LogP contribution in [0.25, 0.3) is 0 Å². The Morgan fingerprint density at radius 2 is 1.92 bits per heavy atom. The maximum Gasteiger partial charge on any atom is 0.239 e. The molecule has 0 aliphatic carbocycles. The SMILES string of the molecule is CN(CC(C)(O)c1ccccc1)C(=O)C(N)Cc1cccc(Br)c1. The molecular weight excluding hydrogens is 368 g/mol. The van der Waals surface area contributed by atoms with E-state index in [9.17, 15) is 9.90 Å². The lowest BCUT2D eigenvalue weighted by molar-refractivity contribution is -0.134. The van der Waals surface area contributed by atoms with Crippen molar-refractivity contribution in [1.29, 1.82) is 0 Å². The monoisotopic (exact) mass is 390 g/mol. The fraction of sp³-hybridized carbons (Fsp3) is 0.316. The number of nitrogens with zero attached hydrogens (tertiary/aromatic N) is 1. The molecule has 0 saturated heterocycles. The topological polar surface area (TPSA) is 66.6 Å². The van der Waals surface area contributed by atoms with Gasteiger partial charge in [0.1, 0.15) is 5.60 Å². The molecule has 5 heteroatoms. The van der Waals surface area contributed by atoms with E-state index in [2.05, 4.69) is 15.9 Å². The third-order valence-corrected chi connectivity index (χ3v) is 4.47. The van der Waals surface area contributed by atoms with Crippen LogP contribution in [0, 0.1) is 0 Å². The lowest BCUT2D eigenvalue weighted by Gasteiger charge is -2.31. The molecule has 128 valence electrons. The number of halogens is 1. The molecule has 2 atom stereocenters. The largest absolute Gasteiger partial charge is 0.384 e. The van der Waals surface area contributed by atoms with Crippen molar-refractivity contribution in [2.24, 2.45) is 5.73 Å². The van der Waals surface area contributed by atoms with Crippen LogP contribution in [0.3, 0.4) is 0 Å². The van der Waals surface area contributed by atoms with Crippen LogP contribution < -0.4 is 5.73 Å². The Morgan fingerprint density at radius 3 is 2.54 bits per heavy atom. The molecule has 0 aliphatic rings. The van der Waals surface area contributed by atoms with Crippen LogP contribution in [0.15, 0.2) is 59.1 Å². The Kier molecular flexibility index (Phi) is 6.15. The standard InChI is InChI=1S/C19H23BrN2O2/c1-19(24,15-8-4-3-5-9-15)13-22(2)18(23)17(21)12-14-7-6-10-16(20)11-14/h3-11,17,24H,12-13,21H2,1-2H3. The second-order valence-electron chi connectivity index (χ2n) is 6.27. The van der Waals surface area contributed by atoms with Crippen molar-refractivity contribution in [3.05, 3.63) is 70.2 Å². The number of hydrogen-bond acceptors (Lipinski definition) is 3. The Bertz CT molecular complexity index is 689. The third kappa shape index (κ3) is 4.90. The van der Waals surface area contributed by atoms with E-state index < -0.39 is 11.6 Å². The third-order valence-electron chi connectivity index (χ3n) is 3.98. The Labute approximate surface area is 151 Å². The second kappa shape index (κ2) is 7.92. The smallest absolute Gasteiger partial charge is 0.239 e. The summed E-state index contributed by atoms with van der Waals surface area (Å²) < 4.78 is 0.958. The van der Waals surface area contributed by atoms with Crippen molar-refractivity contribution in [2.45, 2.75) is 25.0 Å². The molecule has 2 unspecified atom stereocenters. The first kappa shape index (κ1) is 18.6. The Balaban J connectivity index is 2.01. The minimum Gasteiger partial charge on any atom is -0.384 e. The molecule has 0 fully saturated rings. The highest BCUT2D eigenvalue weighted by Gasteiger charge is 2.28. The zero-order valence-electron chi connectivity index (χ0n) is 13.9. The van der Waals surface area contributed by atoms with Crippen LogP contribution in [0.4, 0.5) is 0 Å². The summed E-state index contributed by atoms with van der Waals surface area (Å²) in [5.74, 6) is -0.189. The average Bonchev–Trinajstić information content (AvgIpc) is 2.54. The number of benzene rings is 2. The van der Waals surface area contributed by atoms with Gasteiger partial charge in [0.15, 0.2) is 0 Å². The number of carbonyl (C=O) groups is 1. The minimum absolute atomic E-state index is 0.183. The van der Waals surface area contributed by atoms with Crippen molar-refractivity contribution >= 4 is 21.8 Å². The predicted molar refractivity (Wildman–Crippen MR) is 99.5 cm³/mol. The van der Waals surface area contributed by atoms with Crippen molar-refractivity contribution in [1.82, 2.24) is 4.90 Å². The van der Waals surface area contributed by atoms with Gasteiger partial charge < -0.3 is 15.7 Å². The van der Waals surface area contributed by atoms with E-state index in [1.54, 1.807) is 14.0 Å². The van der Waals surface area contributed by atoms with Crippen molar-refractivity contribution < 1.29 is 9.90 Å². The van der Waals surface area contributed by atoms with Gasteiger partial charge in [0.25, 0.3) is 0 Å². The van der Waals surface area contributed by atoms with E-state index in [1.165, 1.54) is 4.90 Å². The van der Waals surface area contributed by atoms with E-state index in [4.69, 9.17) is 5.73 Å². The predicted octanol–water partition coefficient (Wildman–Crippen LogP) is 2.69. The van der Waals surface area contributed by atoms with Crippen LogP contribution >= 0.6 is 15.9 Å². The fourth-order valence-electron chi connectivity index (χ4n) is 2.72. The van der Waals surface area contributed by atoms with Gasteiger partial charge >= 0.3 is 0 Å². The van der Waals surface area contributed by atoms with Crippen LogP contribution in [-0.4, -0.2) is 35.5 Å². The van der Waals surface area contributed by atoms with Crippen molar-refractivity contribution in [2.75, 3.05) is 13.6 Å². The summed E-state index contributed by atoms with van der Waals surface area (Å²) in [6.07, 6.45) is 0.454. The van der Waals surface area contributed by atoms with Crippen LogP contribution in [0.1, 0.15) is 18.1 Å². The van der Waals surface area contributed by atoms with E-state index in [0.29, 0.717) is 6.42 Å². The number of nitrogens with two attached hydrogens (primary N) is 1. The summed E-state index contributed by atoms with van der Waals surface area (Å²) >= 11 is 3.41.